The molecule has 132 valence electrons. The van der Waals surface area contributed by atoms with Gasteiger partial charge in [-0.15, -0.1) is 0 Å². The number of nitrogens with zero attached hydrogens (tertiary/aromatic N) is 3. The zero-order chi connectivity index (χ0) is 18.4. The van der Waals surface area contributed by atoms with Gasteiger partial charge in [0.15, 0.2) is 5.82 Å². The number of urea groups is 1. The van der Waals surface area contributed by atoms with Gasteiger partial charge in [0.25, 0.3) is 5.91 Å². The van der Waals surface area contributed by atoms with E-state index in [1.165, 1.54) is 24.3 Å². The molecule has 1 aliphatic rings. The van der Waals surface area contributed by atoms with Crippen molar-refractivity contribution in [3.8, 4) is 0 Å². The third kappa shape index (κ3) is 2.99. The quantitative estimate of drug-likeness (QED) is 0.863. The molecular formula is C17H19FN4O3. The Morgan fingerprint density at radius 1 is 1.24 bits per heavy atom. The maximum Gasteiger partial charge on any atom is 0.325 e. The number of carbonyl (C=O) groups excluding carboxylic acids is 2. The third-order valence-electron chi connectivity index (χ3n) is 4.11. The molecule has 7 nitrogen and oxygen atoms in total. The van der Waals surface area contributed by atoms with Gasteiger partial charge in [0.2, 0.25) is 5.89 Å². The molecule has 1 aromatic carbocycles. The molecule has 1 fully saturated rings. The summed E-state index contributed by atoms with van der Waals surface area (Å²) in [4.78, 5) is 30.3. The number of halogens is 1. The van der Waals surface area contributed by atoms with Crippen molar-refractivity contribution >= 4 is 11.9 Å². The van der Waals surface area contributed by atoms with E-state index in [1.807, 2.05) is 20.8 Å². The summed E-state index contributed by atoms with van der Waals surface area (Å²) < 4.78 is 18.3. The Morgan fingerprint density at radius 3 is 2.44 bits per heavy atom. The number of hydrogen-bond acceptors (Lipinski definition) is 5. The summed E-state index contributed by atoms with van der Waals surface area (Å²) in [6.45, 7) is 7.25. The zero-order valence-corrected chi connectivity index (χ0v) is 14.5. The van der Waals surface area contributed by atoms with Crippen molar-refractivity contribution in [1.29, 1.82) is 0 Å². The number of nitrogens with one attached hydrogen (secondary N) is 1. The van der Waals surface area contributed by atoms with Crippen LogP contribution >= 0.6 is 0 Å². The lowest BCUT2D eigenvalue weighted by Crippen LogP contribution is -2.40. The van der Waals surface area contributed by atoms with Crippen LogP contribution in [0.15, 0.2) is 28.8 Å². The third-order valence-corrected chi connectivity index (χ3v) is 4.11. The number of imide groups is 1. The molecule has 8 heteroatoms. The first-order chi connectivity index (χ1) is 11.6. The van der Waals surface area contributed by atoms with Gasteiger partial charge in [0.05, 0.1) is 6.54 Å². The van der Waals surface area contributed by atoms with E-state index < -0.39 is 23.3 Å². The molecule has 2 heterocycles. The number of benzene rings is 1. The molecular weight excluding hydrogens is 327 g/mol. The van der Waals surface area contributed by atoms with Gasteiger partial charge in [-0.05, 0) is 24.6 Å². The predicted octanol–water partition coefficient (Wildman–Crippen LogP) is 2.47. The molecule has 0 spiro atoms. The molecule has 1 aromatic heterocycles. The largest absolute Gasteiger partial charge is 0.339 e. The fraction of sp³-hybridized carbons (Fsp3) is 0.412. The first kappa shape index (κ1) is 17.1. The molecule has 1 saturated heterocycles. The van der Waals surface area contributed by atoms with Crippen LogP contribution in [0.5, 0.6) is 0 Å². The number of rotatable bonds is 3. The van der Waals surface area contributed by atoms with Crippen LogP contribution in [-0.2, 0) is 22.3 Å². The summed E-state index contributed by atoms with van der Waals surface area (Å²) in [6.07, 6.45) is 0. The predicted molar refractivity (Wildman–Crippen MR) is 85.8 cm³/mol. The molecule has 0 saturated carbocycles. The van der Waals surface area contributed by atoms with E-state index >= 15 is 0 Å². The normalized spacial score (nSPS) is 20.9. The molecule has 1 atom stereocenters. The van der Waals surface area contributed by atoms with E-state index in [4.69, 9.17) is 4.52 Å². The van der Waals surface area contributed by atoms with Gasteiger partial charge < -0.3 is 9.84 Å². The lowest BCUT2D eigenvalue weighted by molar-refractivity contribution is -0.131. The fourth-order valence-corrected chi connectivity index (χ4v) is 2.58. The topological polar surface area (TPSA) is 88.3 Å². The summed E-state index contributed by atoms with van der Waals surface area (Å²) in [7, 11) is 0. The fourth-order valence-electron chi connectivity index (χ4n) is 2.58. The average molecular weight is 346 g/mol. The average Bonchev–Trinajstić information content (AvgIpc) is 3.08. The van der Waals surface area contributed by atoms with E-state index in [0.717, 1.165) is 4.90 Å². The molecule has 0 bridgehead atoms. The summed E-state index contributed by atoms with van der Waals surface area (Å²) in [5.41, 5.74) is -1.09. The van der Waals surface area contributed by atoms with Crippen LogP contribution in [0.3, 0.4) is 0 Å². The van der Waals surface area contributed by atoms with Crippen molar-refractivity contribution in [2.45, 2.75) is 45.2 Å². The van der Waals surface area contributed by atoms with Crippen LogP contribution in [0.2, 0.25) is 0 Å². The first-order valence-electron chi connectivity index (χ1n) is 7.84. The van der Waals surface area contributed by atoms with Crippen LogP contribution < -0.4 is 5.32 Å². The number of aromatic nitrogens is 2. The van der Waals surface area contributed by atoms with Crippen molar-refractivity contribution in [3.05, 3.63) is 47.4 Å². The van der Waals surface area contributed by atoms with E-state index in [2.05, 4.69) is 15.5 Å². The van der Waals surface area contributed by atoms with Crippen LogP contribution in [0.4, 0.5) is 9.18 Å². The van der Waals surface area contributed by atoms with Crippen molar-refractivity contribution in [2.75, 3.05) is 0 Å². The molecule has 0 aliphatic carbocycles. The molecule has 2 aromatic rings. The van der Waals surface area contributed by atoms with E-state index in [0.29, 0.717) is 11.5 Å². The summed E-state index contributed by atoms with van der Waals surface area (Å²) in [5.74, 6) is -0.193. The lowest BCUT2D eigenvalue weighted by Gasteiger charge is -2.21. The molecule has 1 aliphatic heterocycles. The first-order valence-corrected chi connectivity index (χ1v) is 7.84. The second-order valence-corrected chi connectivity index (χ2v) is 7.22. The molecule has 0 radical (unpaired) electrons. The summed E-state index contributed by atoms with van der Waals surface area (Å²) in [5, 5.41) is 6.49. The minimum atomic E-state index is -1.26. The van der Waals surface area contributed by atoms with Crippen LogP contribution in [0.25, 0.3) is 0 Å². The molecule has 25 heavy (non-hydrogen) atoms. The molecule has 3 amide bonds. The Labute approximate surface area is 144 Å². The van der Waals surface area contributed by atoms with Crippen LogP contribution in [-0.4, -0.2) is 27.0 Å². The van der Waals surface area contributed by atoms with E-state index in [1.54, 1.807) is 6.92 Å². The highest BCUT2D eigenvalue weighted by Crippen LogP contribution is 2.30. The van der Waals surface area contributed by atoms with Gasteiger partial charge in [0, 0.05) is 5.41 Å². The summed E-state index contributed by atoms with van der Waals surface area (Å²) >= 11 is 0. The Bertz CT molecular complexity index is 825. The minimum absolute atomic E-state index is 0.0962. The van der Waals surface area contributed by atoms with Gasteiger partial charge in [-0.3, -0.25) is 9.69 Å². The van der Waals surface area contributed by atoms with Gasteiger partial charge >= 0.3 is 6.03 Å². The highest BCUT2D eigenvalue weighted by Gasteiger charge is 2.49. The van der Waals surface area contributed by atoms with Crippen LogP contribution in [0.1, 0.15) is 45.0 Å². The maximum absolute atomic E-state index is 13.1. The highest BCUT2D eigenvalue weighted by molar-refractivity contribution is 6.07. The number of amides is 3. The zero-order valence-electron chi connectivity index (χ0n) is 14.5. The van der Waals surface area contributed by atoms with Crippen molar-refractivity contribution in [1.82, 2.24) is 20.4 Å². The Kier molecular flexibility index (Phi) is 3.85. The maximum atomic E-state index is 13.1. The second-order valence-electron chi connectivity index (χ2n) is 7.22. The van der Waals surface area contributed by atoms with Crippen molar-refractivity contribution in [3.63, 3.8) is 0 Å². The Morgan fingerprint density at radius 2 is 1.88 bits per heavy atom. The second kappa shape index (κ2) is 5.65. The van der Waals surface area contributed by atoms with Gasteiger partial charge in [0.1, 0.15) is 11.4 Å². The highest BCUT2D eigenvalue weighted by atomic mass is 19.1. The van der Waals surface area contributed by atoms with Gasteiger partial charge in [-0.2, -0.15) is 4.98 Å². The van der Waals surface area contributed by atoms with E-state index in [9.17, 15) is 14.0 Å². The SMILES string of the molecule is CC(C)(C)c1nc(CN2C(=O)NC(C)(c3ccc(F)cc3)C2=O)no1. The standard InChI is InChI=1S/C17H19FN4O3/c1-16(2,3)13-19-12(21-25-13)9-22-14(23)17(4,20-15(22)24)10-5-7-11(18)8-6-10/h5-8H,9H2,1-4H3,(H,20,24). The molecule has 1 unspecified atom stereocenters. The van der Waals surface area contributed by atoms with Gasteiger partial charge in [-0.25, -0.2) is 9.18 Å². The lowest BCUT2D eigenvalue weighted by atomic mass is 9.92. The number of hydrogen-bond donors (Lipinski definition) is 1. The van der Waals surface area contributed by atoms with Crippen molar-refractivity contribution < 1.29 is 18.5 Å². The van der Waals surface area contributed by atoms with Crippen LogP contribution in [0, 0.1) is 5.82 Å². The molecule has 1 N–H and O–H groups in total. The van der Waals surface area contributed by atoms with E-state index in [-0.39, 0.29) is 17.8 Å². The smallest absolute Gasteiger partial charge is 0.325 e. The minimum Gasteiger partial charge on any atom is -0.339 e. The Hall–Kier alpha value is -2.77. The number of carbonyl (C=O) groups is 2. The Balaban J connectivity index is 1.84. The van der Waals surface area contributed by atoms with Gasteiger partial charge in [-0.1, -0.05) is 38.1 Å². The van der Waals surface area contributed by atoms with Crippen molar-refractivity contribution in [2.24, 2.45) is 0 Å². The summed E-state index contributed by atoms with van der Waals surface area (Å²) in [6, 6.07) is 4.89. The monoisotopic (exact) mass is 346 g/mol. The molecule has 3 rings (SSSR count).